The average molecular weight is 385 g/mol. The summed E-state index contributed by atoms with van der Waals surface area (Å²) in [4.78, 5) is 24.2. The first-order valence-electron chi connectivity index (χ1n) is 9.23. The SMILES string of the molecule is COc1ccc(C)cc1NC(=O)COC(=O)c1ccc(OCCC(C)C)cc1. The number of anilines is 1. The highest BCUT2D eigenvalue weighted by Crippen LogP contribution is 2.25. The van der Waals surface area contributed by atoms with Crippen molar-refractivity contribution in [3.8, 4) is 11.5 Å². The van der Waals surface area contributed by atoms with E-state index in [0.717, 1.165) is 12.0 Å². The van der Waals surface area contributed by atoms with E-state index in [4.69, 9.17) is 14.2 Å². The molecule has 6 nitrogen and oxygen atoms in total. The Morgan fingerprint density at radius 2 is 1.79 bits per heavy atom. The van der Waals surface area contributed by atoms with E-state index in [1.807, 2.05) is 13.0 Å². The maximum Gasteiger partial charge on any atom is 0.338 e. The van der Waals surface area contributed by atoms with Crippen molar-refractivity contribution in [2.45, 2.75) is 27.2 Å². The number of rotatable bonds is 9. The molecule has 0 heterocycles. The molecule has 0 spiro atoms. The van der Waals surface area contributed by atoms with Crippen LogP contribution < -0.4 is 14.8 Å². The van der Waals surface area contributed by atoms with Crippen LogP contribution in [0.5, 0.6) is 11.5 Å². The standard InChI is InChI=1S/C22H27NO5/c1-15(2)11-12-27-18-8-6-17(7-9-18)22(25)28-14-21(24)23-19-13-16(3)5-10-20(19)26-4/h5-10,13,15H,11-12,14H2,1-4H3,(H,23,24). The highest BCUT2D eigenvalue weighted by atomic mass is 16.5. The van der Waals surface area contributed by atoms with Gasteiger partial charge < -0.3 is 19.5 Å². The largest absolute Gasteiger partial charge is 0.495 e. The van der Waals surface area contributed by atoms with Crippen molar-refractivity contribution in [2.24, 2.45) is 5.92 Å². The summed E-state index contributed by atoms with van der Waals surface area (Å²) >= 11 is 0. The highest BCUT2D eigenvalue weighted by molar-refractivity contribution is 5.96. The number of esters is 1. The van der Waals surface area contributed by atoms with Crippen LogP contribution in [0.25, 0.3) is 0 Å². The van der Waals surface area contributed by atoms with Gasteiger partial charge in [-0.3, -0.25) is 4.79 Å². The smallest absolute Gasteiger partial charge is 0.338 e. The number of methoxy groups -OCH3 is 1. The Balaban J connectivity index is 1.84. The first-order valence-corrected chi connectivity index (χ1v) is 9.23. The molecule has 0 aliphatic heterocycles. The van der Waals surface area contributed by atoms with E-state index < -0.39 is 11.9 Å². The monoisotopic (exact) mass is 385 g/mol. The van der Waals surface area contributed by atoms with E-state index in [9.17, 15) is 9.59 Å². The first kappa shape index (κ1) is 21.3. The molecule has 0 radical (unpaired) electrons. The van der Waals surface area contributed by atoms with Gasteiger partial charge in [-0.25, -0.2) is 4.79 Å². The Hall–Kier alpha value is -3.02. The number of nitrogens with one attached hydrogen (secondary N) is 1. The summed E-state index contributed by atoms with van der Waals surface area (Å²) in [5.74, 6) is 0.797. The van der Waals surface area contributed by atoms with E-state index in [1.165, 1.54) is 7.11 Å². The van der Waals surface area contributed by atoms with Crippen LogP contribution in [-0.2, 0) is 9.53 Å². The maximum absolute atomic E-state index is 12.1. The first-order chi connectivity index (χ1) is 13.4. The van der Waals surface area contributed by atoms with Crippen molar-refractivity contribution in [2.75, 3.05) is 25.6 Å². The lowest BCUT2D eigenvalue weighted by molar-refractivity contribution is -0.119. The third-order valence-corrected chi connectivity index (χ3v) is 4.02. The molecule has 2 rings (SSSR count). The minimum absolute atomic E-state index is 0.358. The molecule has 0 saturated heterocycles. The van der Waals surface area contributed by atoms with Crippen molar-refractivity contribution in [1.82, 2.24) is 0 Å². The predicted molar refractivity (Wildman–Crippen MR) is 108 cm³/mol. The van der Waals surface area contributed by atoms with Crippen LogP contribution in [0.3, 0.4) is 0 Å². The van der Waals surface area contributed by atoms with Gasteiger partial charge in [-0.05, 0) is 61.2 Å². The second-order valence-corrected chi connectivity index (χ2v) is 6.88. The number of hydrogen-bond donors (Lipinski definition) is 1. The lowest BCUT2D eigenvalue weighted by Gasteiger charge is -2.11. The van der Waals surface area contributed by atoms with E-state index in [2.05, 4.69) is 19.2 Å². The molecule has 0 aliphatic rings. The van der Waals surface area contributed by atoms with Crippen LogP contribution in [0.1, 0.15) is 36.2 Å². The molecule has 150 valence electrons. The number of aryl methyl sites for hydroxylation is 1. The average Bonchev–Trinajstić information content (AvgIpc) is 2.66. The van der Waals surface area contributed by atoms with Gasteiger partial charge in [-0.15, -0.1) is 0 Å². The number of ether oxygens (including phenoxy) is 3. The highest BCUT2D eigenvalue weighted by Gasteiger charge is 2.12. The van der Waals surface area contributed by atoms with Crippen LogP contribution in [-0.4, -0.2) is 32.2 Å². The normalized spacial score (nSPS) is 10.5. The molecule has 0 bridgehead atoms. The van der Waals surface area contributed by atoms with Crippen LogP contribution in [0.15, 0.2) is 42.5 Å². The quantitative estimate of drug-likeness (QED) is 0.654. The molecular formula is C22H27NO5. The zero-order chi connectivity index (χ0) is 20.5. The van der Waals surface area contributed by atoms with Crippen molar-refractivity contribution >= 4 is 17.6 Å². The zero-order valence-electron chi connectivity index (χ0n) is 16.8. The molecule has 0 saturated carbocycles. The topological polar surface area (TPSA) is 73.9 Å². The predicted octanol–water partition coefficient (Wildman–Crippen LogP) is 4.22. The van der Waals surface area contributed by atoms with E-state index in [0.29, 0.717) is 35.3 Å². The number of amides is 1. The van der Waals surface area contributed by atoms with Gasteiger partial charge in [-0.2, -0.15) is 0 Å². The minimum atomic E-state index is -0.569. The molecule has 2 aromatic rings. The summed E-state index contributed by atoms with van der Waals surface area (Å²) in [5, 5.41) is 2.69. The van der Waals surface area contributed by atoms with Gasteiger partial charge >= 0.3 is 5.97 Å². The fourth-order valence-electron chi connectivity index (χ4n) is 2.42. The Morgan fingerprint density at radius 1 is 1.07 bits per heavy atom. The number of carbonyl (C=O) groups excluding carboxylic acids is 2. The maximum atomic E-state index is 12.1. The Bertz CT molecular complexity index is 799. The Kier molecular flexibility index (Phi) is 7.87. The van der Waals surface area contributed by atoms with Gasteiger partial charge in [-0.1, -0.05) is 19.9 Å². The third-order valence-electron chi connectivity index (χ3n) is 4.02. The number of carbonyl (C=O) groups is 2. The van der Waals surface area contributed by atoms with Gasteiger partial charge in [0, 0.05) is 0 Å². The summed E-state index contributed by atoms with van der Waals surface area (Å²) in [6, 6.07) is 12.1. The van der Waals surface area contributed by atoms with Crippen LogP contribution >= 0.6 is 0 Å². The molecule has 1 N–H and O–H groups in total. The van der Waals surface area contributed by atoms with Crippen molar-refractivity contribution in [3.05, 3.63) is 53.6 Å². The van der Waals surface area contributed by atoms with Gasteiger partial charge in [0.1, 0.15) is 11.5 Å². The van der Waals surface area contributed by atoms with Gasteiger partial charge in [0.15, 0.2) is 6.61 Å². The van der Waals surface area contributed by atoms with Gasteiger partial charge in [0.2, 0.25) is 0 Å². The molecule has 6 heteroatoms. The molecule has 1 amide bonds. The Labute approximate surface area is 165 Å². The van der Waals surface area contributed by atoms with Crippen LogP contribution in [0, 0.1) is 12.8 Å². The molecule has 0 unspecified atom stereocenters. The lowest BCUT2D eigenvalue weighted by atomic mass is 10.1. The summed E-state index contributed by atoms with van der Waals surface area (Å²) in [6.07, 6.45) is 0.963. The molecule has 2 aromatic carbocycles. The van der Waals surface area contributed by atoms with Crippen molar-refractivity contribution in [3.63, 3.8) is 0 Å². The summed E-state index contributed by atoms with van der Waals surface area (Å²) in [7, 11) is 1.52. The second kappa shape index (κ2) is 10.3. The lowest BCUT2D eigenvalue weighted by Crippen LogP contribution is -2.21. The molecule has 28 heavy (non-hydrogen) atoms. The number of hydrogen-bond acceptors (Lipinski definition) is 5. The molecule has 0 aliphatic carbocycles. The van der Waals surface area contributed by atoms with Crippen LogP contribution in [0.4, 0.5) is 5.69 Å². The van der Waals surface area contributed by atoms with Crippen molar-refractivity contribution < 1.29 is 23.8 Å². The van der Waals surface area contributed by atoms with Gasteiger partial charge in [0.25, 0.3) is 5.91 Å². The summed E-state index contributed by atoms with van der Waals surface area (Å²) in [6.45, 7) is 6.42. The van der Waals surface area contributed by atoms with Crippen LogP contribution in [0.2, 0.25) is 0 Å². The summed E-state index contributed by atoms with van der Waals surface area (Å²) in [5.41, 5.74) is 1.87. The fraction of sp³-hybridized carbons (Fsp3) is 0.364. The number of benzene rings is 2. The molecule has 0 atom stereocenters. The second-order valence-electron chi connectivity index (χ2n) is 6.88. The molecule has 0 fully saturated rings. The van der Waals surface area contributed by atoms with E-state index in [-0.39, 0.29) is 6.61 Å². The molecular weight excluding hydrogens is 358 g/mol. The van der Waals surface area contributed by atoms with Crippen molar-refractivity contribution in [1.29, 1.82) is 0 Å². The zero-order valence-corrected chi connectivity index (χ0v) is 16.8. The molecule has 0 aromatic heterocycles. The Morgan fingerprint density at radius 3 is 2.43 bits per heavy atom. The fourth-order valence-corrected chi connectivity index (χ4v) is 2.42. The van der Waals surface area contributed by atoms with E-state index >= 15 is 0 Å². The summed E-state index contributed by atoms with van der Waals surface area (Å²) < 4.78 is 15.9. The van der Waals surface area contributed by atoms with E-state index in [1.54, 1.807) is 36.4 Å². The van der Waals surface area contributed by atoms with Gasteiger partial charge in [0.05, 0.1) is 25.0 Å². The third kappa shape index (κ3) is 6.61. The minimum Gasteiger partial charge on any atom is -0.495 e.